The molecule has 0 aliphatic heterocycles. The largest absolute Gasteiger partial charge is 0.493 e. The Balaban J connectivity index is 1.12. The molecule has 0 saturated heterocycles. The first-order chi connectivity index (χ1) is 38.2. The van der Waals surface area contributed by atoms with Crippen molar-refractivity contribution in [1.82, 2.24) is 9.97 Å². The van der Waals surface area contributed by atoms with Gasteiger partial charge in [0.15, 0.2) is 11.5 Å². The van der Waals surface area contributed by atoms with Gasteiger partial charge in [0, 0.05) is 29.6 Å². The molecule has 0 unspecified atom stereocenters. The van der Waals surface area contributed by atoms with E-state index in [1.807, 2.05) is 36.7 Å². The Hall–Kier alpha value is -4.78. The maximum Gasteiger partial charge on any atom is 0.164 e. The Labute approximate surface area is 473 Å². The second-order valence-corrected chi connectivity index (χ2v) is 22.8. The topological polar surface area (TPSA) is 53.5 Å². The van der Waals surface area contributed by atoms with Crippen LogP contribution in [0.25, 0.3) is 22.5 Å². The number of pyridine rings is 2. The summed E-state index contributed by atoms with van der Waals surface area (Å²) in [5.74, 6) is 1.44. The Morgan fingerprint density at radius 3 is 1.03 bits per heavy atom. The summed E-state index contributed by atoms with van der Waals surface area (Å²) in [5.41, 5.74) is 9.40. The highest BCUT2D eigenvalue weighted by atomic mass is 19.1. The molecule has 5 aromatic rings. The molecule has 0 aliphatic carbocycles. The van der Waals surface area contributed by atoms with E-state index in [1.54, 1.807) is 6.07 Å². The van der Waals surface area contributed by atoms with Gasteiger partial charge in [0.1, 0.15) is 17.4 Å². The summed E-state index contributed by atoms with van der Waals surface area (Å²) >= 11 is 0. The summed E-state index contributed by atoms with van der Waals surface area (Å²) in [7, 11) is 0. The van der Waals surface area contributed by atoms with Crippen LogP contribution in [0.5, 0.6) is 17.2 Å². The van der Waals surface area contributed by atoms with E-state index in [9.17, 15) is 0 Å². The van der Waals surface area contributed by atoms with Gasteiger partial charge in [-0.2, -0.15) is 0 Å². The molecule has 0 radical (unpaired) electrons. The molecule has 0 atom stereocenters. The van der Waals surface area contributed by atoms with Crippen molar-refractivity contribution < 1.29 is 23.0 Å². The van der Waals surface area contributed by atoms with E-state index >= 15 is 8.78 Å². The first kappa shape index (κ1) is 64.0. The molecule has 0 spiro atoms. The molecule has 2 aromatic heterocycles. The van der Waals surface area contributed by atoms with Gasteiger partial charge in [0.05, 0.1) is 31.2 Å². The maximum absolute atomic E-state index is 15.5. The van der Waals surface area contributed by atoms with Crippen molar-refractivity contribution in [2.24, 2.45) is 0 Å². The van der Waals surface area contributed by atoms with E-state index in [1.165, 1.54) is 196 Å². The van der Waals surface area contributed by atoms with Crippen molar-refractivity contribution >= 4 is 0 Å². The molecule has 0 bridgehead atoms. The lowest BCUT2D eigenvalue weighted by atomic mass is 9.99. The third-order valence-electron chi connectivity index (χ3n) is 15.7. The third-order valence-corrected chi connectivity index (χ3v) is 15.7. The minimum atomic E-state index is -0.648. The number of benzene rings is 3. The van der Waals surface area contributed by atoms with Crippen LogP contribution in [0.4, 0.5) is 8.78 Å². The predicted molar refractivity (Wildman–Crippen MR) is 327 cm³/mol. The molecule has 2 heterocycles. The van der Waals surface area contributed by atoms with Crippen molar-refractivity contribution in [2.75, 3.05) is 19.8 Å². The molecule has 7 heteroatoms. The summed E-state index contributed by atoms with van der Waals surface area (Å²) in [5, 5.41) is 0. The van der Waals surface area contributed by atoms with Gasteiger partial charge in [-0.1, -0.05) is 224 Å². The Bertz CT molecular complexity index is 2360. The fourth-order valence-electron chi connectivity index (χ4n) is 10.9. The van der Waals surface area contributed by atoms with E-state index in [0.717, 1.165) is 91.6 Å². The molecule has 0 amide bonds. The van der Waals surface area contributed by atoms with Crippen LogP contribution >= 0.6 is 0 Å². The minimum absolute atomic E-state index is 0.249. The van der Waals surface area contributed by atoms with E-state index in [-0.39, 0.29) is 11.1 Å². The Kier molecular flexibility index (Phi) is 31.8. The average molecular weight is 1070 g/mol. The van der Waals surface area contributed by atoms with Crippen LogP contribution in [0, 0.1) is 32.4 Å². The van der Waals surface area contributed by atoms with Gasteiger partial charge in [-0.05, 0) is 129 Å². The van der Waals surface area contributed by atoms with Crippen LogP contribution in [-0.2, 0) is 25.7 Å². The SMILES string of the molecule is CCCCCCCCCCCCOc1cc(CCc2ccc(-c3cc(-c4ccc(CCc5cc(C)c(OCCCCCCCCCCCC)c(C)c5)cn4)c(F)cc3F)nc2)cc(C)c1OCCCCCCCCCCCC. The van der Waals surface area contributed by atoms with E-state index < -0.39 is 11.6 Å². The number of aromatic nitrogens is 2. The number of hydrogen-bond acceptors (Lipinski definition) is 5. The number of ether oxygens (including phenoxy) is 3. The second kappa shape index (κ2) is 38.8. The molecule has 5 rings (SSSR count). The summed E-state index contributed by atoms with van der Waals surface area (Å²) in [6.45, 7) is 15.4. The fraction of sp³-hybridized carbons (Fsp3) is 0.606. The summed E-state index contributed by atoms with van der Waals surface area (Å²) in [6.07, 6.45) is 45.8. The molecule has 0 saturated carbocycles. The highest BCUT2D eigenvalue weighted by molar-refractivity contribution is 5.70. The number of hydrogen-bond donors (Lipinski definition) is 0. The van der Waals surface area contributed by atoms with Crippen LogP contribution in [0.1, 0.15) is 252 Å². The molecular weight excluding hydrogens is 967 g/mol. The van der Waals surface area contributed by atoms with Gasteiger partial charge < -0.3 is 14.2 Å². The van der Waals surface area contributed by atoms with Crippen molar-refractivity contribution in [2.45, 2.75) is 260 Å². The quantitative estimate of drug-likeness (QED) is 0.0364. The molecule has 0 fully saturated rings. The zero-order valence-electron chi connectivity index (χ0n) is 50.0. The number of rotatable bonds is 44. The predicted octanol–water partition coefficient (Wildman–Crippen LogP) is 21.5. The molecule has 0 N–H and O–H groups in total. The van der Waals surface area contributed by atoms with Gasteiger partial charge >= 0.3 is 0 Å². The first-order valence-corrected chi connectivity index (χ1v) is 31.7. The minimum Gasteiger partial charge on any atom is -0.493 e. The van der Waals surface area contributed by atoms with Gasteiger partial charge in [0.2, 0.25) is 0 Å². The number of halogens is 2. The van der Waals surface area contributed by atoms with Crippen molar-refractivity contribution in [3.63, 3.8) is 0 Å². The van der Waals surface area contributed by atoms with Crippen LogP contribution in [0.2, 0.25) is 0 Å². The van der Waals surface area contributed by atoms with Gasteiger partial charge in [0.25, 0.3) is 0 Å². The van der Waals surface area contributed by atoms with Crippen LogP contribution in [-0.4, -0.2) is 29.8 Å². The zero-order valence-corrected chi connectivity index (χ0v) is 50.0. The van der Waals surface area contributed by atoms with E-state index in [2.05, 4.69) is 70.8 Å². The van der Waals surface area contributed by atoms with E-state index in [0.29, 0.717) is 24.6 Å². The summed E-state index contributed by atoms with van der Waals surface area (Å²) in [6, 6.07) is 19.0. The molecule has 0 aliphatic rings. The molecule has 430 valence electrons. The summed E-state index contributed by atoms with van der Waals surface area (Å²) in [4.78, 5) is 9.36. The second-order valence-electron chi connectivity index (χ2n) is 22.8. The summed E-state index contributed by atoms with van der Waals surface area (Å²) < 4.78 is 50.2. The highest BCUT2D eigenvalue weighted by Crippen LogP contribution is 2.35. The van der Waals surface area contributed by atoms with Crippen LogP contribution < -0.4 is 14.2 Å². The van der Waals surface area contributed by atoms with Crippen LogP contribution in [0.15, 0.2) is 73.1 Å². The lowest BCUT2D eigenvalue weighted by Crippen LogP contribution is -2.05. The molecule has 3 aromatic carbocycles. The Morgan fingerprint density at radius 2 is 0.654 bits per heavy atom. The van der Waals surface area contributed by atoms with Gasteiger partial charge in [-0.25, -0.2) is 8.78 Å². The van der Waals surface area contributed by atoms with Crippen LogP contribution in [0.3, 0.4) is 0 Å². The van der Waals surface area contributed by atoms with Crippen molar-refractivity contribution in [1.29, 1.82) is 0 Å². The number of nitrogens with zero attached hydrogens (tertiary/aromatic N) is 2. The van der Waals surface area contributed by atoms with Crippen molar-refractivity contribution in [3.05, 3.63) is 124 Å². The van der Waals surface area contributed by atoms with Gasteiger partial charge in [-0.15, -0.1) is 0 Å². The molecule has 5 nitrogen and oxygen atoms in total. The fourth-order valence-corrected chi connectivity index (χ4v) is 10.9. The number of unbranched alkanes of at least 4 members (excludes halogenated alkanes) is 27. The lowest BCUT2D eigenvalue weighted by Gasteiger charge is -2.17. The monoisotopic (exact) mass is 1070 g/mol. The third kappa shape index (κ3) is 24.3. The standard InChI is InChI=1S/C71H104F2N2O3/c1-7-10-13-16-19-22-25-28-31-34-45-76-69-51-62(50-58(6)71(69)78-47-36-33-30-27-24-21-18-15-12-9-3)40-38-60-42-44-68(75-55-60)64-52-63(65(72)53-66(64)73)67-43-41-59(54-74-67)37-39-61-48-56(4)70(57(5)49-61)77-46-35-32-29-26-23-20-17-14-11-8-2/h41-44,48-55H,7-40,45-47H2,1-6H3. The highest BCUT2D eigenvalue weighted by Gasteiger charge is 2.17. The Morgan fingerprint density at radius 1 is 0.333 bits per heavy atom. The molecule has 78 heavy (non-hydrogen) atoms. The first-order valence-electron chi connectivity index (χ1n) is 31.7. The smallest absolute Gasteiger partial charge is 0.164 e. The van der Waals surface area contributed by atoms with E-state index in [4.69, 9.17) is 19.2 Å². The lowest BCUT2D eigenvalue weighted by molar-refractivity contribution is 0.256. The normalized spacial score (nSPS) is 11.4. The maximum atomic E-state index is 15.5. The van der Waals surface area contributed by atoms with Crippen molar-refractivity contribution in [3.8, 4) is 39.8 Å². The van der Waals surface area contributed by atoms with Gasteiger partial charge in [-0.3, -0.25) is 9.97 Å². The number of aryl methyl sites for hydroxylation is 7. The average Bonchev–Trinajstić information content (AvgIpc) is 3.47. The molecular formula is C71H104F2N2O3. The zero-order chi connectivity index (χ0) is 55.4.